The molecule has 1 atom stereocenters. The van der Waals surface area contributed by atoms with Crippen LogP contribution in [-0.4, -0.2) is 25.2 Å². The third-order valence-electron chi connectivity index (χ3n) is 3.56. The van der Waals surface area contributed by atoms with E-state index in [1.165, 1.54) is 6.07 Å². The van der Waals surface area contributed by atoms with E-state index in [-0.39, 0.29) is 11.2 Å². The summed E-state index contributed by atoms with van der Waals surface area (Å²) in [5.74, 6) is -3.23. The van der Waals surface area contributed by atoms with Crippen molar-refractivity contribution in [3.63, 3.8) is 0 Å². The molecule has 0 saturated carbocycles. The van der Waals surface area contributed by atoms with E-state index in [1.54, 1.807) is 4.90 Å². The Morgan fingerprint density at radius 3 is 2.55 bits per heavy atom. The molecule has 1 aromatic rings. The van der Waals surface area contributed by atoms with E-state index < -0.39 is 17.5 Å². The van der Waals surface area contributed by atoms with E-state index in [2.05, 4.69) is 26.1 Å². The van der Waals surface area contributed by atoms with Crippen molar-refractivity contribution in [3.05, 3.63) is 29.6 Å². The van der Waals surface area contributed by atoms with Crippen LogP contribution in [0.15, 0.2) is 12.1 Å². The van der Waals surface area contributed by atoms with Gasteiger partial charge in [-0.25, -0.2) is 13.2 Å². The van der Waals surface area contributed by atoms with E-state index >= 15 is 0 Å². The highest BCUT2D eigenvalue weighted by Gasteiger charge is 2.27. The van der Waals surface area contributed by atoms with Gasteiger partial charge in [-0.2, -0.15) is 0 Å². The minimum absolute atomic E-state index is 0.0423. The minimum atomic E-state index is -1.39. The lowest BCUT2D eigenvalue weighted by Crippen LogP contribution is -2.39. The zero-order valence-electron chi connectivity index (χ0n) is 12.1. The minimum Gasteiger partial charge on any atom is -0.369 e. The van der Waals surface area contributed by atoms with Crippen LogP contribution in [0.4, 0.5) is 18.9 Å². The molecule has 1 fully saturated rings. The van der Waals surface area contributed by atoms with Gasteiger partial charge in [-0.1, -0.05) is 0 Å². The zero-order valence-corrected chi connectivity index (χ0v) is 12.1. The molecule has 1 aliphatic rings. The Hall–Kier alpha value is -1.23. The quantitative estimate of drug-likeness (QED) is 0.858. The highest BCUT2D eigenvalue weighted by molar-refractivity contribution is 5.49. The van der Waals surface area contributed by atoms with Gasteiger partial charge in [-0.3, -0.25) is 0 Å². The number of hydrogen-bond donors (Lipinski definition) is 1. The van der Waals surface area contributed by atoms with Gasteiger partial charge in [0.05, 0.1) is 5.69 Å². The predicted octanol–water partition coefficient (Wildman–Crippen LogP) is 3.32. The number of nitrogens with one attached hydrogen (secondary N) is 1. The molecule has 0 spiro atoms. The first-order valence-corrected chi connectivity index (χ1v) is 6.91. The largest absolute Gasteiger partial charge is 0.369 e. The average molecular weight is 286 g/mol. The third-order valence-corrected chi connectivity index (χ3v) is 3.56. The smallest absolute Gasteiger partial charge is 0.196 e. The molecule has 0 amide bonds. The molecule has 1 aliphatic heterocycles. The Morgan fingerprint density at radius 2 is 1.90 bits per heavy atom. The average Bonchev–Trinajstić information content (AvgIpc) is 2.81. The van der Waals surface area contributed by atoms with Gasteiger partial charge < -0.3 is 10.2 Å². The number of nitrogens with zero attached hydrogens (tertiary/aromatic N) is 1. The van der Waals surface area contributed by atoms with Gasteiger partial charge in [0.2, 0.25) is 0 Å². The maximum Gasteiger partial charge on any atom is 0.196 e. The maximum absolute atomic E-state index is 13.7. The fourth-order valence-electron chi connectivity index (χ4n) is 2.43. The lowest BCUT2D eigenvalue weighted by molar-refractivity contribution is 0.383. The molecule has 2 rings (SSSR count). The molecule has 112 valence electrons. The Balaban J connectivity index is 2.01. The molecule has 0 aromatic heterocycles. The van der Waals surface area contributed by atoms with Crippen molar-refractivity contribution in [1.29, 1.82) is 0 Å². The van der Waals surface area contributed by atoms with Crippen LogP contribution < -0.4 is 10.2 Å². The van der Waals surface area contributed by atoms with E-state index in [1.807, 2.05) is 0 Å². The molecule has 1 aromatic carbocycles. The van der Waals surface area contributed by atoms with Gasteiger partial charge in [0.1, 0.15) is 0 Å². The van der Waals surface area contributed by atoms with Gasteiger partial charge in [0, 0.05) is 25.2 Å². The molecule has 0 bridgehead atoms. The third kappa shape index (κ3) is 3.45. The normalized spacial score (nSPS) is 19.7. The predicted molar refractivity (Wildman–Crippen MR) is 74.4 cm³/mol. The zero-order chi connectivity index (χ0) is 14.9. The fraction of sp³-hybridized carbons (Fsp3) is 0.600. The van der Waals surface area contributed by atoms with Crippen LogP contribution in [0.3, 0.4) is 0 Å². The maximum atomic E-state index is 13.7. The summed E-state index contributed by atoms with van der Waals surface area (Å²) in [6.07, 6.45) is 0.918. The Labute approximate surface area is 118 Å². The van der Waals surface area contributed by atoms with E-state index in [4.69, 9.17) is 0 Å². The lowest BCUT2D eigenvalue weighted by atomic mass is 10.1. The molecule has 5 heteroatoms. The molecule has 1 unspecified atom stereocenters. The van der Waals surface area contributed by atoms with Gasteiger partial charge in [-0.05, 0) is 45.2 Å². The van der Waals surface area contributed by atoms with E-state index in [9.17, 15) is 13.2 Å². The Morgan fingerprint density at radius 1 is 1.20 bits per heavy atom. The summed E-state index contributed by atoms with van der Waals surface area (Å²) in [5, 5.41) is 3.42. The number of rotatable bonds is 3. The molecule has 2 nitrogen and oxygen atoms in total. The Bertz CT molecular complexity index is 483. The van der Waals surface area contributed by atoms with Gasteiger partial charge >= 0.3 is 0 Å². The summed E-state index contributed by atoms with van der Waals surface area (Å²) in [4.78, 5) is 1.78. The standard InChI is InChI=1S/C15H21F3N2/c1-15(2,3)19-8-10-6-7-20(9-10)12-5-4-11(16)13(17)14(12)18/h4-5,10,19H,6-9H2,1-3H3. The summed E-state index contributed by atoms with van der Waals surface area (Å²) in [5.41, 5.74) is 0.197. The van der Waals surface area contributed by atoms with Crippen LogP contribution in [0.25, 0.3) is 0 Å². The van der Waals surface area contributed by atoms with Crippen molar-refractivity contribution < 1.29 is 13.2 Å². The van der Waals surface area contributed by atoms with Crippen molar-refractivity contribution in [3.8, 4) is 0 Å². The topological polar surface area (TPSA) is 15.3 Å². The number of halogens is 3. The molecule has 20 heavy (non-hydrogen) atoms. The second-order valence-electron chi connectivity index (χ2n) is 6.43. The molecule has 1 heterocycles. The molecule has 0 radical (unpaired) electrons. The van der Waals surface area contributed by atoms with Crippen LogP contribution in [0.1, 0.15) is 27.2 Å². The van der Waals surface area contributed by atoms with E-state index in [0.717, 1.165) is 19.0 Å². The van der Waals surface area contributed by atoms with Gasteiger partial charge in [0.25, 0.3) is 0 Å². The van der Waals surface area contributed by atoms with Gasteiger partial charge in [-0.15, -0.1) is 0 Å². The van der Waals surface area contributed by atoms with Crippen LogP contribution in [0.2, 0.25) is 0 Å². The summed E-state index contributed by atoms with van der Waals surface area (Å²) < 4.78 is 39.9. The summed E-state index contributed by atoms with van der Waals surface area (Å²) in [7, 11) is 0. The first-order chi connectivity index (χ1) is 9.28. The summed E-state index contributed by atoms with van der Waals surface area (Å²) >= 11 is 0. The van der Waals surface area contributed by atoms with Crippen molar-refractivity contribution in [1.82, 2.24) is 5.32 Å². The lowest BCUT2D eigenvalue weighted by Gasteiger charge is -2.24. The number of hydrogen-bond acceptors (Lipinski definition) is 2. The van der Waals surface area contributed by atoms with Crippen molar-refractivity contribution >= 4 is 5.69 Å². The van der Waals surface area contributed by atoms with Crippen LogP contribution in [-0.2, 0) is 0 Å². The first kappa shape index (κ1) is 15.2. The van der Waals surface area contributed by atoms with Crippen LogP contribution in [0, 0.1) is 23.4 Å². The Kier molecular flexibility index (Phi) is 4.28. The second-order valence-corrected chi connectivity index (χ2v) is 6.43. The van der Waals surface area contributed by atoms with Crippen LogP contribution in [0.5, 0.6) is 0 Å². The van der Waals surface area contributed by atoms with Crippen molar-refractivity contribution in [2.75, 3.05) is 24.5 Å². The molecule has 1 N–H and O–H groups in total. The van der Waals surface area contributed by atoms with E-state index in [0.29, 0.717) is 19.0 Å². The molecular formula is C15H21F3N2. The highest BCUT2D eigenvalue weighted by Crippen LogP contribution is 2.28. The molecule has 1 saturated heterocycles. The van der Waals surface area contributed by atoms with Crippen molar-refractivity contribution in [2.45, 2.75) is 32.7 Å². The van der Waals surface area contributed by atoms with Crippen LogP contribution >= 0.6 is 0 Å². The SMILES string of the molecule is CC(C)(C)NCC1CCN(c2ccc(F)c(F)c2F)C1. The summed E-state index contributed by atoms with van der Waals surface area (Å²) in [6.45, 7) is 8.44. The second kappa shape index (κ2) is 5.64. The number of anilines is 1. The monoisotopic (exact) mass is 286 g/mol. The fourth-order valence-corrected chi connectivity index (χ4v) is 2.43. The first-order valence-electron chi connectivity index (χ1n) is 6.91. The number of benzene rings is 1. The summed E-state index contributed by atoms with van der Waals surface area (Å²) in [6, 6.07) is 2.29. The van der Waals surface area contributed by atoms with Crippen molar-refractivity contribution in [2.24, 2.45) is 5.92 Å². The highest BCUT2D eigenvalue weighted by atomic mass is 19.2. The molecular weight excluding hydrogens is 265 g/mol. The van der Waals surface area contributed by atoms with Gasteiger partial charge in [0.15, 0.2) is 17.5 Å². The molecule has 0 aliphatic carbocycles.